The minimum absolute atomic E-state index is 0.143. The predicted octanol–water partition coefficient (Wildman–Crippen LogP) is 6.43. The second kappa shape index (κ2) is 11.5. The topological polar surface area (TPSA) is 96.2 Å². The molecule has 6 nitrogen and oxygen atoms in total. The maximum absolute atomic E-state index is 12.4. The number of rotatable bonds is 7. The first kappa shape index (κ1) is 23.5. The third-order valence-electron chi connectivity index (χ3n) is 5.77. The Kier molecular flexibility index (Phi) is 8.42. The monoisotopic (exact) mass is 436 g/mol. The van der Waals surface area contributed by atoms with E-state index >= 15 is 0 Å². The molecule has 2 heterocycles. The quantitative estimate of drug-likeness (QED) is 0.416. The molecule has 4 rings (SSSR count). The van der Waals surface area contributed by atoms with Crippen LogP contribution in [-0.2, 0) is 4.79 Å². The standard InChI is InChI=1S/C19H18N2O2.C7H14O2/c1-12-7-9-13(10-8-12)15-16-18(22)20-11-21-19(16)23-17(15)14-5-3-2-4-6-14;1-2-3-4-5-6-7(8)9/h2-6,9,11-12H,7-8,10H2,1H3,(H,20,21,22);2-6H2,1H3,(H,8,9). The molecule has 0 amide bonds. The summed E-state index contributed by atoms with van der Waals surface area (Å²) in [6, 6.07) is 9.92. The number of benzene rings is 1. The summed E-state index contributed by atoms with van der Waals surface area (Å²) in [4.78, 5) is 29.2. The number of aromatic amines is 1. The lowest BCUT2D eigenvalue weighted by Gasteiger charge is -2.18. The minimum atomic E-state index is -0.675. The first-order chi connectivity index (χ1) is 15.5. The molecule has 0 radical (unpaired) electrons. The van der Waals surface area contributed by atoms with Gasteiger partial charge in [-0.25, -0.2) is 4.98 Å². The molecule has 0 saturated heterocycles. The zero-order chi connectivity index (χ0) is 22.9. The molecule has 1 aliphatic rings. The van der Waals surface area contributed by atoms with Gasteiger partial charge in [-0.2, -0.15) is 0 Å². The smallest absolute Gasteiger partial charge is 0.303 e. The Labute approximate surface area is 188 Å². The summed E-state index contributed by atoms with van der Waals surface area (Å²) in [7, 11) is 0. The fourth-order valence-electron chi connectivity index (χ4n) is 3.94. The predicted molar refractivity (Wildman–Crippen MR) is 127 cm³/mol. The number of carboxylic acid groups (broad SMARTS) is 1. The second-order valence-electron chi connectivity index (χ2n) is 8.40. The largest absolute Gasteiger partial charge is 0.481 e. The summed E-state index contributed by atoms with van der Waals surface area (Å²) in [6.07, 6.45) is 11.3. The Hall–Kier alpha value is -3.15. The van der Waals surface area contributed by atoms with E-state index in [0.717, 1.165) is 55.4 Å². The molecule has 2 N–H and O–H groups in total. The summed E-state index contributed by atoms with van der Waals surface area (Å²) in [5, 5.41) is 8.77. The molecule has 0 spiro atoms. The van der Waals surface area contributed by atoms with E-state index in [1.165, 1.54) is 18.3 Å². The number of furan rings is 1. The molecule has 32 heavy (non-hydrogen) atoms. The van der Waals surface area contributed by atoms with E-state index in [9.17, 15) is 9.59 Å². The van der Waals surface area contributed by atoms with Crippen LogP contribution in [0.3, 0.4) is 0 Å². The molecule has 1 aliphatic carbocycles. The lowest BCUT2D eigenvalue weighted by atomic mass is 9.86. The van der Waals surface area contributed by atoms with Crippen LogP contribution in [0.25, 0.3) is 28.0 Å². The molecule has 1 aromatic carbocycles. The molecule has 0 saturated carbocycles. The Morgan fingerprint density at radius 1 is 1.22 bits per heavy atom. The van der Waals surface area contributed by atoms with Crippen LogP contribution < -0.4 is 5.56 Å². The van der Waals surface area contributed by atoms with Crippen LogP contribution in [0.2, 0.25) is 0 Å². The van der Waals surface area contributed by atoms with Crippen LogP contribution in [0.1, 0.15) is 70.8 Å². The number of nitrogens with zero attached hydrogens (tertiary/aromatic N) is 1. The number of hydrogen-bond acceptors (Lipinski definition) is 4. The Morgan fingerprint density at radius 2 is 2.00 bits per heavy atom. The number of aromatic nitrogens is 2. The highest BCUT2D eigenvalue weighted by Gasteiger charge is 2.24. The van der Waals surface area contributed by atoms with E-state index in [0.29, 0.717) is 23.4 Å². The maximum Gasteiger partial charge on any atom is 0.303 e. The van der Waals surface area contributed by atoms with Crippen LogP contribution in [0.5, 0.6) is 0 Å². The maximum atomic E-state index is 12.4. The van der Waals surface area contributed by atoms with Crippen molar-refractivity contribution >= 4 is 22.6 Å². The van der Waals surface area contributed by atoms with Crippen LogP contribution in [-0.4, -0.2) is 21.0 Å². The minimum Gasteiger partial charge on any atom is -0.481 e. The van der Waals surface area contributed by atoms with Gasteiger partial charge in [0.25, 0.3) is 5.56 Å². The molecule has 1 atom stereocenters. The summed E-state index contributed by atoms with van der Waals surface area (Å²) in [5.41, 5.74) is 3.34. The lowest BCUT2D eigenvalue weighted by Crippen LogP contribution is -2.08. The van der Waals surface area contributed by atoms with E-state index in [1.807, 2.05) is 30.3 Å². The van der Waals surface area contributed by atoms with Gasteiger partial charge < -0.3 is 14.5 Å². The molecular weight excluding hydrogens is 404 g/mol. The van der Waals surface area contributed by atoms with Gasteiger partial charge in [-0.3, -0.25) is 9.59 Å². The SMILES string of the molecule is CC1CC=C(c2c(-c3ccccc3)oc3nc[nH]c(=O)c23)CC1.CCCCCCC(=O)O. The van der Waals surface area contributed by atoms with E-state index < -0.39 is 5.97 Å². The van der Waals surface area contributed by atoms with Crippen molar-refractivity contribution in [2.75, 3.05) is 0 Å². The number of hydrogen-bond donors (Lipinski definition) is 2. The van der Waals surface area contributed by atoms with Gasteiger partial charge in [0, 0.05) is 17.5 Å². The molecule has 2 aromatic heterocycles. The normalized spacial score (nSPS) is 15.7. The number of allylic oxidation sites excluding steroid dienone is 2. The van der Waals surface area contributed by atoms with Crippen LogP contribution >= 0.6 is 0 Å². The Bertz CT molecular complexity index is 1110. The van der Waals surface area contributed by atoms with Crippen molar-refractivity contribution < 1.29 is 14.3 Å². The molecular formula is C26H32N2O4. The fourth-order valence-corrected chi connectivity index (χ4v) is 3.94. The molecule has 0 fully saturated rings. The number of carboxylic acids is 1. The number of fused-ring (bicyclic) bond motifs is 1. The average molecular weight is 437 g/mol. The van der Waals surface area contributed by atoms with Crippen LogP contribution in [0, 0.1) is 5.92 Å². The Morgan fingerprint density at radius 3 is 2.66 bits per heavy atom. The highest BCUT2D eigenvalue weighted by Crippen LogP contribution is 2.40. The van der Waals surface area contributed by atoms with Crippen molar-refractivity contribution in [3.8, 4) is 11.3 Å². The van der Waals surface area contributed by atoms with Gasteiger partial charge in [0.15, 0.2) is 0 Å². The third kappa shape index (κ3) is 5.96. The third-order valence-corrected chi connectivity index (χ3v) is 5.77. The number of H-pyrrole nitrogens is 1. The van der Waals surface area contributed by atoms with E-state index in [4.69, 9.17) is 9.52 Å². The zero-order valence-electron chi connectivity index (χ0n) is 18.9. The first-order valence-corrected chi connectivity index (χ1v) is 11.5. The van der Waals surface area contributed by atoms with Gasteiger partial charge >= 0.3 is 5.97 Å². The summed E-state index contributed by atoms with van der Waals surface area (Å²) < 4.78 is 5.97. The van der Waals surface area contributed by atoms with Gasteiger partial charge in [-0.15, -0.1) is 0 Å². The molecule has 170 valence electrons. The molecule has 1 unspecified atom stereocenters. The number of carbonyl (C=O) groups is 1. The number of aliphatic carboxylic acids is 1. The molecule has 3 aromatic rings. The van der Waals surface area contributed by atoms with Gasteiger partial charge in [0.2, 0.25) is 5.71 Å². The fraction of sp³-hybridized carbons (Fsp3) is 0.423. The molecule has 0 aliphatic heterocycles. The van der Waals surface area contributed by atoms with Gasteiger partial charge in [-0.1, -0.05) is 69.5 Å². The van der Waals surface area contributed by atoms with Crippen LogP contribution in [0.4, 0.5) is 0 Å². The van der Waals surface area contributed by atoms with Gasteiger partial charge in [0.1, 0.15) is 11.1 Å². The molecule has 0 bridgehead atoms. The second-order valence-corrected chi connectivity index (χ2v) is 8.40. The van der Waals surface area contributed by atoms with E-state index in [1.54, 1.807) is 0 Å². The van der Waals surface area contributed by atoms with Crippen molar-refractivity contribution in [2.24, 2.45) is 5.92 Å². The van der Waals surface area contributed by atoms with Crippen molar-refractivity contribution in [1.82, 2.24) is 9.97 Å². The van der Waals surface area contributed by atoms with Crippen molar-refractivity contribution in [1.29, 1.82) is 0 Å². The first-order valence-electron chi connectivity index (χ1n) is 11.5. The zero-order valence-corrected chi connectivity index (χ0v) is 18.9. The highest BCUT2D eigenvalue weighted by atomic mass is 16.4. The summed E-state index contributed by atoms with van der Waals surface area (Å²) in [5.74, 6) is 0.755. The number of unbranched alkanes of at least 4 members (excludes halogenated alkanes) is 3. The summed E-state index contributed by atoms with van der Waals surface area (Å²) >= 11 is 0. The lowest BCUT2D eigenvalue weighted by molar-refractivity contribution is -0.137. The number of nitrogens with one attached hydrogen (secondary N) is 1. The summed E-state index contributed by atoms with van der Waals surface area (Å²) in [6.45, 7) is 4.37. The molecule has 6 heteroatoms. The average Bonchev–Trinajstić information content (AvgIpc) is 3.19. The van der Waals surface area contributed by atoms with Crippen molar-refractivity contribution in [2.45, 2.75) is 65.2 Å². The van der Waals surface area contributed by atoms with Gasteiger partial charge in [0.05, 0.1) is 6.33 Å². The highest BCUT2D eigenvalue weighted by molar-refractivity contribution is 5.96. The van der Waals surface area contributed by atoms with Crippen LogP contribution in [0.15, 0.2) is 51.9 Å². The van der Waals surface area contributed by atoms with E-state index in [2.05, 4.69) is 29.9 Å². The van der Waals surface area contributed by atoms with Gasteiger partial charge in [-0.05, 0) is 37.2 Å². The van der Waals surface area contributed by atoms with Crippen molar-refractivity contribution in [3.05, 3.63) is 58.7 Å². The van der Waals surface area contributed by atoms with Crippen molar-refractivity contribution in [3.63, 3.8) is 0 Å². The van der Waals surface area contributed by atoms with E-state index in [-0.39, 0.29) is 5.56 Å². The Balaban J connectivity index is 0.000000275.